The summed E-state index contributed by atoms with van der Waals surface area (Å²) in [6.45, 7) is 0. The highest BCUT2D eigenvalue weighted by Crippen LogP contribution is 2.43. The Morgan fingerprint density at radius 1 is 1.19 bits per heavy atom. The Morgan fingerprint density at radius 3 is 2.31 bits per heavy atom. The fourth-order valence-electron chi connectivity index (χ4n) is 1.56. The number of ether oxygens (including phenoxy) is 3. The largest absolute Gasteiger partial charge is 0.493 e. The highest BCUT2D eigenvalue weighted by molar-refractivity contribution is 5.83. The van der Waals surface area contributed by atoms with Gasteiger partial charge in [-0.05, 0) is 12.1 Å². The van der Waals surface area contributed by atoms with E-state index in [1.807, 2.05) is 12.1 Å². The fourth-order valence-corrected chi connectivity index (χ4v) is 1.56. The average Bonchev–Trinajstić information content (AvgIpc) is 3.10. The summed E-state index contributed by atoms with van der Waals surface area (Å²) in [5.41, 5.74) is -0.788. The molecule has 0 saturated heterocycles. The lowest BCUT2D eigenvalue weighted by molar-refractivity contribution is -0.151. The first-order chi connectivity index (χ1) is 7.72. The van der Waals surface area contributed by atoms with Crippen LogP contribution in [0, 0.1) is 0 Å². The van der Waals surface area contributed by atoms with E-state index in [-0.39, 0.29) is 5.97 Å². The summed E-state index contributed by atoms with van der Waals surface area (Å²) in [7, 11) is 2.94. The number of rotatable bonds is 4. The van der Waals surface area contributed by atoms with E-state index in [9.17, 15) is 4.79 Å². The quantitative estimate of drug-likeness (QED) is 0.728. The molecule has 0 bridgehead atoms. The predicted molar refractivity (Wildman–Crippen MR) is 57.6 cm³/mol. The molecular weight excluding hydrogens is 208 g/mol. The van der Waals surface area contributed by atoms with Crippen LogP contribution in [0.25, 0.3) is 0 Å². The molecule has 0 heterocycles. The number of para-hydroxylation sites is 2. The predicted octanol–water partition coefficient (Wildman–Crippen LogP) is 1.78. The second-order valence-electron chi connectivity index (χ2n) is 3.74. The Labute approximate surface area is 94.1 Å². The molecule has 0 aromatic heterocycles. The minimum atomic E-state index is -0.788. The minimum Gasteiger partial charge on any atom is -0.493 e. The molecule has 0 unspecified atom stereocenters. The molecule has 86 valence electrons. The molecule has 4 nitrogen and oxygen atoms in total. The van der Waals surface area contributed by atoms with Gasteiger partial charge in [0.1, 0.15) is 0 Å². The Bertz CT molecular complexity index is 396. The van der Waals surface area contributed by atoms with Crippen LogP contribution in [0.2, 0.25) is 0 Å². The maximum absolute atomic E-state index is 11.5. The molecular formula is C12H14O4. The monoisotopic (exact) mass is 222 g/mol. The lowest BCUT2D eigenvalue weighted by atomic mass is 10.3. The number of esters is 1. The molecule has 16 heavy (non-hydrogen) atoms. The number of carbonyl (C=O) groups excluding carboxylic acids is 1. The molecule has 0 spiro atoms. The normalized spacial score (nSPS) is 16.4. The van der Waals surface area contributed by atoms with Gasteiger partial charge in [0.05, 0.1) is 14.2 Å². The summed E-state index contributed by atoms with van der Waals surface area (Å²) < 4.78 is 15.6. The van der Waals surface area contributed by atoms with E-state index in [0.717, 1.165) is 0 Å². The van der Waals surface area contributed by atoms with E-state index >= 15 is 0 Å². The van der Waals surface area contributed by atoms with Gasteiger partial charge in [-0.25, -0.2) is 4.79 Å². The van der Waals surface area contributed by atoms with Crippen molar-refractivity contribution in [1.82, 2.24) is 0 Å². The van der Waals surface area contributed by atoms with Crippen LogP contribution in [0.5, 0.6) is 11.5 Å². The SMILES string of the molecule is COC(=O)C1(Oc2ccccc2OC)CC1. The van der Waals surface area contributed by atoms with Gasteiger partial charge in [-0.3, -0.25) is 0 Å². The van der Waals surface area contributed by atoms with Gasteiger partial charge in [-0.1, -0.05) is 12.1 Å². The second-order valence-corrected chi connectivity index (χ2v) is 3.74. The van der Waals surface area contributed by atoms with Gasteiger partial charge in [0.25, 0.3) is 0 Å². The molecule has 1 aromatic carbocycles. The van der Waals surface area contributed by atoms with Crippen molar-refractivity contribution in [1.29, 1.82) is 0 Å². The van der Waals surface area contributed by atoms with Crippen LogP contribution in [0.15, 0.2) is 24.3 Å². The maximum atomic E-state index is 11.5. The summed E-state index contributed by atoms with van der Waals surface area (Å²) in [5, 5.41) is 0. The smallest absolute Gasteiger partial charge is 0.350 e. The number of hydrogen-bond donors (Lipinski definition) is 0. The van der Waals surface area contributed by atoms with Crippen LogP contribution in [-0.2, 0) is 9.53 Å². The van der Waals surface area contributed by atoms with E-state index < -0.39 is 5.60 Å². The maximum Gasteiger partial charge on any atom is 0.350 e. The molecule has 1 saturated carbocycles. The van der Waals surface area contributed by atoms with Crippen LogP contribution in [0.1, 0.15) is 12.8 Å². The van der Waals surface area contributed by atoms with Crippen molar-refractivity contribution in [3.63, 3.8) is 0 Å². The van der Waals surface area contributed by atoms with Crippen molar-refractivity contribution < 1.29 is 19.0 Å². The van der Waals surface area contributed by atoms with Gasteiger partial charge in [0.2, 0.25) is 5.60 Å². The fraction of sp³-hybridized carbons (Fsp3) is 0.417. The standard InChI is InChI=1S/C12H14O4/c1-14-9-5-3-4-6-10(9)16-12(7-8-12)11(13)15-2/h3-6H,7-8H2,1-2H3. The molecule has 0 amide bonds. The van der Waals surface area contributed by atoms with Crippen LogP contribution >= 0.6 is 0 Å². The van der Waals surface area contributed by atoms with Gasteiger partial charge in [-0.2, -0.15) is 0 Å². The zero-order chi connectivity index (χ0) is 11.6. The molecule has 0 aliphatic heterocycles. The molecule has 0 N–H and O–H groups in total. The first-order valence-electron chi connectivity index (χ1n) is 5.12. The molecule has 0 atom stereocenters. The number of benzene rings is 1. The van der Waals surface area contributed by atoms with Crippen LogP contribution in [-0.4, -0.2) is 25.8 Å². The van der Waals surface area contributed by atoms with Gasteiger partial charge >= 0.3 is 5.97 Å². The van der Waals surface area contributed by atoms with E-state index in [2.05, 4.69) is 0 Å². The highest BCUT2D eigenvalue weighted by atomic mass is 16.6. The molecule has 0 radical (unpaired) electrons. The lowest BCUT2D eigenvalue weighted by Gasteiger charge is -2.17. The molecule has 2 rings (SSSR count). The zero-order valence-corrected chi connectivity index (χ0v) is 9.36. The van der Waals surface area contributed by atoms with Crippen molar-refractivity contribution >= 4 is 5.97 Å². The number of methoxy groups -OCH3 is 2. The molecule has 4 heteroatoms. The highest BCUT2D eigenvalue weighted by Gasteiger charge is 2.54. The van der Waals surface area contributed by atoms with Crippen molar-refractivity contribution in [3.8, 4) is 11.5 Å². The van der Waals surface area contributed by atoms with Crippen LogP contribution in [0.4, 0.5) is 0 Å². The summed E-state index contributed by atoms with van der Waals surface area (Å²) in [6, 6.07) is 7.26. The zero-order valence-electron chi connectivity index (χ0n) is 9.36. The molecule has 1 aliphatic carbocycles. The van der Waals surface area contributed by atoms with E-state index in [0.29, 0.717) is 24.3 Å². The third kappa shape index (κ3) is 1.83. The lowest BCUT2D eigenvalue weighted by Crippen LogP contribution is -2.30. The van der Waals surface area contributed by atoms with E-state index in [1.54, 1.807) is 19.2 Å². The second kappa shape index (κ2) is 4.04. The molecule has 1 aliphatic rings. The van der Waals surface area contributed by atoms with Gasteiger partial charge in [-0.15, -0.1) is 0 Å². The summed E-state index contributed by atoms with van der Waals surface area (Å²) in [6.07, 6.45) is 1.38. The average molecular weight is 222 g/mol. The van der Waals surface area contributed by atoms with Crippen LogP contribution in [0.3, 0.4) is 0 Å². The summed E-state index contributed by atoms with van der Waals surface area (Å²) >= 11 is 0. The summed E-state index contributed by atoms with van der Waals surface area (Å²) in [4.78, 5) is 11.5. The topological polar surface area (TPSA) is 44.8 Å². The first kappa shape index (κ1) is 10.8. The Morgan fingerprint density at radius 2 is 1.81 bits per heavy atom. The first-order valence-corrected chi connectivity index (χ1v) is 5.12. The number of hydrogen-bond acceptors (Lipinski definition) is 4. The Balaban J connectivity index is 2.18. The third-order valence-corrected chi connectivity index (χ3v) is 2.64. The van der Waals surface area contributed by atoms with Crippen molar-refractivity contribution in [2.45, 2.75) is 18.4 Å². The van der Waals surface area contributed by atoms with E-state index in [4.69, 9.17) is 14.2 Å². The number of carbonyl (C=O) groups is 1. The third-order valence-electron chi connectivity index (χ3n) is 2.64. The van der Waals surface area contributed by atoms with Crippen molar-refractivity contribution in [2.24, 2.45) is 0 Å². The van der Waals surface area contributed by atoms with Crippen molar-refractivity contribution in [3.05, 3.63) is 24.3 Å². The molecule has 1 aromatic rings. The van der Waals surface area contributed by atoms with Gasteiger partial charge < -0.3 is 14.2 Å². The van der Waals surface area contributed by atoms with Gasteiger partial charge in [0, 0.05) is 12.8 Å². The van der Waals surface area contributed by atoms with Gasteiger partial charge in [0.15, 0.2) is 11.5 Å². The molecule has 1 fully saturated rings. The van der Waals surface area contributed by atoms with Crippen LogP contribution < -0.4 is 9.47 Å². The Hall–Kier alpha value is -1.71. The van der Waals surface area contributed by atoms with Crippen molar-refractivity contribution in [2.75, 3.05) is 14.2 Å². The van der Waals surface area contributed by atoms with E-state index in [1.165, 1.54) is 7.11 Å². The summed E-state index contributed by atoms with van der Waals surface area (Å²) in [5.74, 6) is 0.879. The Kier molecular flexibility index (Phi) is 2.73. The minimum absolute atomic E-state index is 0.321.